The first-order valence-electron chi connectivity index (χ1n) is 8.07. The van der Waals surface area contributed by atoms with Crippen molar-refractivity contribution in [3.8, 4) is 28.7 Å². The molecule has 0 amide bonds. The van der Waals surface area contributed by atoms with Crippen molar-refractivity contribution < 1.29 is 28.8 Å². The molecule has 0 atom stereocenters. The van der Waals surface area contributed by atoms with E-state index in [1.54, 1.807) is 12.1 Å². The van der Waals surface area contributed by atoms with Crippen molar-refractivity contribution in [2.45, 2.75) is 26.2 Å². The number of phenolic OH excluding ortho intramolecular Hbond substituents is 1. The number of phenols is 1. The number of carbonyl (C=O) groups excluding carboxylic acids is 1. The standard InChI is InChI=1S/C20H24O6/c1-20(2,3)14-11-13(7-8-15(14)21)26-19(22)12-9-16(23-4)18(25-6)17(10-12)24-5/h7-11,21H,1-6H3. The van der Waals surface area contributed by atoms with E-state index in [4.69, 9.17) is 18.9 Å². The predicted octanol–water partition coefficient (Wildman–Crippen LogP) is 3.93. The van der Waals surface area contributed by atoms with Gasteiger partial charge in [-0.05, 0) is 35.7 Å². The van der Waals surface area contributed by atoms with Gasteiger partial charge in [-0.15, -0.1) is 0 Å². The van der Waals surface area contributed by atoms with Crippen molar-refractivity contribution in [3.05, 3.63) is 41.5 Å². The highest BCUT2D eigenvalue weighted by molar-refractivity contribution is 5.92. The van der Waals surface area contributed by atoms with E-state index in [2.05, 4.69) is 0 Å². The zero-order chi connectivity index (χ0) is 19.5. The van der Waals surface area contributed by atoms with E-state index in [-0.39, 0.29) is 16.7 Å². The van der Waals surface area contributed by atoms with Gasteiger partial charge in [-0.2, -0.15) is 0 Å². The van der Waals surface area contributed by atoms with Crippen molar-refractivity contribution in [1.82, 2.24) is 0 Å². The van der Waals surface area contributed by atoms with Crippen LogP contribution in [0.2, 0.25) is 0 Å². The molecule has 0 aromatic heterocycles. The first-order chi connectivity index (χ1) is 12.2. The molecule has 26 heavy (non-hydrogen) atoms. The minimum absolute atomic E-state index is 0.157. The third kappa shape index (κ3) is 4.02. The van der Waals surface area contributed by atoms with Gasteiger partial charge >= 0.3 is 5.97 Å². The normalized spacial score (nSPS) is 11.0. The second kappa shape index (κ2) is 7.56. The first-order valence-corrected chi connectivity index (χ1v) is 8.07. The minimum atomic E-state index is -0.574. The molecular weight excluding hydrogens is 336 g/mol. The summed E-state index contributed by atoms with van der Waals surface area (Å²) in [6.07, 6.45) is 0. The number of aromatic hydroxyl groups is 1. The van der Waals surface area contributed by atoms with Crippen LogP contribution in [0.5, 0.6) is 28.7 Å². The lowest BCUT2D eigenvalue weighted by molar-refractivity contribution is 0.0733. The summed E-state index contributed by atoms with van der Waals surface area (Å²) in [5, 5.41) is 10.0. The van der Waals surface area contributed by atoms with E-state index in [0.717, 1.165) is 0 Å². The summed E-state index contributed by atoms with van der Waals surface area (Å²) < 4.78 is 21.2. The maximum Gasteiger partial charge on any atom is 0.343 e. The number of ether oxygens (including phenoxy) is 4. The molecule has 6 nitrogen and oxygen atoms in total. The van der Waals surface area contributed by atoms with Crippen molar-refractivity contribution in [2.75, 3.05) is 21.3 Å². The molecule has 0 aliphatic heterocycles. The number of carbonyl (C=O) groups is 1. The molecule has 2 aromatic carbocycles. The highest BCUT2D eigenvalue weighted by atomic mass is 16.5. The van der Waals surface area contributed by atoms with E-state index in [0.29, 0.717) is 28.6 Å². The Balaban J connectivity index is 2.36. The smallest absolute Gasteiger partial charge is 0.343 e. The van der Waals surface area contributed by atoms with E-state index in [1.165, 1.54) is 39.5 Å². The fourth-order valence-electron chi connectivity index (χ4n) is 2.54. The maximum atomic E-state index is 12.6. The minimum Gasteiger partial charge on any atom is -0.508 e. The van der Waals surface area contributed by atoms with Gasteiger partial charge in [0.05, 0.1) is 26.9 Å². The van der Waals surface area contributed by atoms with Crippen LogP contribution in [0, 0.1) is 0 Å². The molecule has 6 heteroatoms. The molecule has 0 aliphatic rings. The molecule has 0 unspecified atom stereocenters. The zero-order valence-electron chi connectivity index (χ0n) is 15.9. The van der Waals surface area contributed by atoms with Crippen LogP contribution in [0.15, 0.2) is 30.3 Å². The first kappa shape index (κ1) is 19.4. The Bertz CT molecular complexity index is 779. The lowest BCUT2D eigenvalue weighted by atomic mass is 9.86. The average molecular weight is 360 g/mol. The molecule has 2 aromatic rings. The molecule has 1 N–H and O–H groups in total. The summed E-state index contributed by atoms with van der Waals surface area (Å²) in [4.78, 5) is 12.6. The molecule has 0 spiro atoms. The SMILES string of the molecule is COc1cc(C(=O)Oc2ccc(O)c(C(C)(C)C)c2)cc(OC)c1OC. The summed E-state index contributed by atoms with van der Waals surface area (Å²) in [5.41, 5.74) is 0.650. The van der Waals surface area contributed by atoms with Crippen molar-refractivity contribution in [1.29, 1.82) is 0 Å². The van der Waals surface area contributed by atoms with Gasteiger partial charge in [-0.25, -0.2) is 4.79 Å². The van der Waals surface area contributed by atoms with Crippen LogP contribution in [0.1, 0.15) is 36.7 Å². The maximum absolute atomic E-state index is 12.6. The van der Waals surface area contributed by atoms with Gasteiger partial charge in [0.15, 0.2) is 11.5 Å². The van der Waals surface area contributed by atoms with Crippen LogP contribution < -0.4 is 18.9 Å². The van der Waals surface area contributed by atoms with Crippen molar-refractivity contribution in [2.24, 2.45) is 0 Å². The van der Waals surface area contributed by atoms with Gasteiger partial charge in [0.2, 0.25) is 5.75 Å². The zero-order valence-corrected chi connectivity index (χ0v) is 15.9. The van der Waals surface area contributed by atoms with Gasteiger partial charge < -0.3 is 24.1 Å². The van der Waals surface area contributed by atoms with E-state index in [1.807, 2.05) is 20.8 Å². The Morgan fingerprint density at radius 3 is 1.96 bits per heavy atom. The Labute approximate surface area is 153 Å². The van der Waals surface area contributed by atoms with Gasteiger partial charge in [0, 0.05) is 5.56 Å². The molecule has 0 heterocycles. The number of esters is 1. The van der Waals surface area contributed by atoms with E-state index in [9.17, 15) is 9.90 Å². The Kier molecular flexibility index (Phi) is 5.65. The fourth-order valence-corrected chi connectivity index (χ4v) is 2.54. The second-order valence-corrected chi connectivity index (χ2v) is 6.73. The topological polar surface area (TPSA) is 74.2 Å². The van der Waals surface area contributed by atoms with Crippen LogP contribution in [-0.4, -0.2) is 32.4 Å². The lowest BCUT2D eigenvalue weighted by Crippen LogP contribution is -2.13. The van der Waals surface area contributed by atoms with Gasteiger partial charge in [0.25, 0.3) is 0 Å². The monoisotopic (exact) mass is 360 g/mol. The number of benzene rings is 2. The number of rotatable bonds is 5. The van der Waals surface area contributed by atoms with Gasteiger partial charge in [-0.1, -0.05) is 20.8 Å². The molecule has 0 radical (unpaired) electrons. The lowest BCUT2D eigenvalue weighted by Gasteiger charge is -2.21. The molecule has 0 fully saturated rings. The van der Waals surface area contributed by atoms with Crippen LogP contribution >= 0.6 is 0 Å². The Hall–Kier alpha value is -2.89. The average Bonchev–Trinajstić information content (AvgIpc) is 2.60. The number of methoxy groups -OCH3 is 3. The second-order valence-electron chi connectivity index (χ2n) is 6.73. The molecule has 2 rings (SSSR count). The van der Waals surface area contributed by atoms with Crippen LogP contribution in [0.25, 0.3) is 0 Å². The molecule has 0 saturated heterocycles. The quantitative estimate of drug-likeness (QED) is 0.643. The summed E-state index contributed by atoms with van der Waals surface area (Å²) in [6.45, 7) is 5.90. The Morgan fingerprint density at radius 1 is 0.923 bits per heavy atom. The van der Waals surface area contributed by atoms with Crippen LogP contribution in [0.4, 0.5) is 0 Å². The van der Waals surface area contributed by atoms with Gasteiger partial charge in [-0.3, -0.25) is 0 Å². The molecule has 0 bridgehead atoms. The number of hydrogen-bond donors (Lipinski definition) is 1. The molecule has 0 aliphatic carbocycles. The van der Waals surface area contributed by atoms with E-state index >= 15 is 0 Å². The highest BCUT2D eigenvalue weighted by Crippen LogP contribution is 2.39. The highest BCUT2D eigenvalue weighted by Gasteiger charge is 2.21. The molecular formula is C20H24O6. The summed E-state index contributed by atoms with van der Waals surface area (Å²) in [5.74, 6) is 1.04. The number of hydrogen-bond acceptors (Lipinski definition) is 6. The van der Waals surface area contributed by atoms with Crippen LogP contribution in [-0.2, 0) is 5.41 Å². The van der Waals surface area contributed by atoms with Crippen LogP contribution in [0.3, 0.4) is 0 Å². The molecule has 0 saturated carbocycles. The summed E-state index contributed by atoms with van der Waals surface area (Å²) in [6, 6.07) is 7.76. The van der Waals surface area contributed by atoms with E-state index < -0.39 is 5.97 Å². The molecule has 140 valence electrons. The summed E-state index contributed by atoms with van der Waals surface area (Å²) >= 11 is 0. The fraction of sp³-hybridized carbons (Fsp3) is 0.350. The third-order valence-corrected chi connectivity index (χ3v) is 3.89. The third-order valence-electron chi connectivity index (χ3n) is 3.89. The predicted molar refractivity (Wildman–Crippen MR) is 97.9 cm³/mol. The van der Waals surface area contributed by atoms with Crippen molar-refractivity contribution >= 4 is 5.97 Å². The van der Waals surface area contributed by atoms with Gasteiger partial charge in [0.1, 0.15) is 11.5 Å². The Morgan fingerprint density at radius 2 is 1.50 bits per heavy atom. The van der Waals surface area contributed by atoms with Crippen molar-refractivity contribution in [3.63, 3.8) is 0 Å². The largest absolute Gasteiger partial charge is 0.508 e. The summed E-state index contributed by atoms with van der Waals surface area (Å²) in [7, 11) is 4.44.